The van der Waals surface area contributed by atoms with Gasteiger partial charge in [0.25, 0.3) is 5.91 Å². The van der Waals surface area contributed by atoms with Gasteiger partial charge in [0.15, 0.2) is 34.5 Å². The summed E-state index contributed by atoms with van der Waals surface area (Å²) in [7, 11) is 0. The van der Waals surface area contributed by atoms with E-state index in [1.165, 1.54) is 36.4 Å². The van der Waals surface area contributed by atoms with E-state index in [9.17, 15) is 49.8 Å². The Morgan fingerprint density at radius 3 is 1.12 bits per heavy atom. The number of hydrogen-bond donors (Lipinski definition) is 10. The Morgan fingerprint density at radius 2 is 0.843 bits per heavy atom. The van der Waals surface area contributed by atoms with Crippen LogP contribution in [0.2, 0.25) is 0 Å². The number of carbonyl (C=O) groups is 4. The largest absolute Gasteiger partial charge is 0.504 e. The molecule has 0 radical (unpaired) electrons. The molecule has 3 aromatic carbocycles. The van der Waals surface area contributed by atoms with Crippen LogP contribution in [0.3, 0.4) is 0 Å². The average molecular weight is 705 g/mol. The summed E-state index contributed by atoms with van der Waals surface area (Å²) in [4.78, 5) is 51.2. The van der Waals surface area contributed by atoms with Gasteiger partial charge in [0.05, 0.1) is 0 Å². The summed E-state index contributed by atoms with van der Waals surface area (Å²) in [5.41, 5.74) is 0.831. The second-order valence-electron chi connectivity index (χ2n) is 12.1. The number of rotatable bonds is 19. The zero-order valence-corrected chi connectivity index (χ0v) is 28.1. The summed E-state index contributed by atoms with van der Waals surface area (Å²) in [5, 5.41) is 68.8. The predicted octanol–water partition coefficient (Wildman–Crippen LogP) is 2.13. The van der Waals surface area contributed by atoms with Gasteiger partial charge in [-0.1, -0.05) is 18.2 Å². The SMILES string of the molecule is C#CC(=O)NC(CCC(=O)NCCc1ccc(O)c(O)c1)(CCC(=O)NCCc1ccc(O)c(O)c1)CCC(=O)NCCc1ccc(O)c(O)c1. The summed E-state index contributed by atoms with van der Waals surface area (Å²) >= 11 is 0. The lowest BCUT2D eigenvalue weighted by Gasteiger charge is -2.34. The Balaban J connectivity index is 1.64. The zero-order valence-electron chi connectivity index (χ0n) is 28.1. The molecule has 3 aromatic rings. The fourth-order valence-corrected chi connectivity index (χ4v) is 5.38. The van der Waals surface area contributed by atoms with Crippen LogP contribution in [0.4, 0.5) is 0 Å². The molecule has 0 saturated heterocycles. The highest BCUT2D eigenvalue weighted by atomic mass is 16.3. The first kappa shape index (κ1) is 39.3. The van der Waals surface area contributed by atoms with Crippen molar-refractivity contribution in [3.8, 4) is 46.8 Å². The molecule has 14 heteroatoms. The molecule has 0 unspecified atom stereocenters. The number of benzene rings is 3. The van der Waals surface area contributed by atoms with Crippen LogP contribution in [0.25, 0.3) is 0 Å². The van der Waals surface area contributed by atoms with Gasteiger partial charge in [0.1, 0.15) is 0 Å². The number of nitrogens with one attached hydrogen (secondary N) is 4. The highest BCUT2D eigenvalue weighted by molar-refractivity contribution is 5.93. The van der Waals surface area contributed by atoms with Crippen molar-refractivity contribution in [2.24, 2.45) is 0 Å². The molecule has 0 heterocycles. The van der Waals surface area contributed by atoms with Crippen LogP contribution in [0.5, 0.6) is 34.5 Å². The quantitative estimate of drug-likeness (QED) is 0.0644. The van der Waals surface area contributed by atoms with E-state index < -0.39 is 11.4 Å². The summed E-state index contributed by atoms with van der Waals surface area (Å²) in [6.45, 7) is 0.652. The summed E-state index contributed by atoms with van der Waals surface area (Å²) < 4.78 is 0. The van der Waals surface area contributed by atoms with Gasteiger partial charge in [-0.3, -0.25) is 19.2 Å². The Hall–Kier alpha value is -6.10. The molecule has 0 aliphatic rings. The van der Waals surface area contributed by atoms with Crippen molar-refractivity contribution < 1.29 is 49.8 Å². The van der Waals surface area contributed by atoms with Crippen molar-refractivity contribution >= 4 is 23.6 Å². The van der Waals surface area contributed by atoms with Gasteiger partial charge in [-0.05, 0) is 97.5 Å². The molecular weight excluding hydrogens is 660 g/mol. The predicted molar refractivity (Wildman–Crippen MR) is 187 cm³/mol. The molecule has 0 saturated carbocycles. The molecule has 0 spiro atoms. The number of aromatic hydroxyl groups is 6. The van der Waals surface area contributed by atoms with Crippen molar-refractivity contribution in [3.05, 3.63) is 71.3 Å². The molecule has 4 amide bonds. The molecule has 10 N–H and O–H groups in total. The molecular formula is C37H44N4O10. The summed E-state index contributed by atoms with van der Waals surface area (Å²) in [6.07, 6.45) is 6.38. The van der Waals surface area contributed by atoms with E-state index in [0.29, 0.717) is 36.0 Å². The number of carbonyl (C=O) groups excluding carboxylic acids is 4. The summed E-state index contributed by atoms with van der Waals surface area (Å²) in [6, 6.07) is 13.0. The fourth-order valence-electron chi connectivity index (χ4n) is 5.38. The Kier molecular flexibility index (Phi) is 14.8. The Labute approximate surface area is 295 Å². The number of terminal acetylenes is 1. The molecule has 0 bridgehead atoms. The number of phenolic OH excluding ortho intramolecular Hbond substituents is 6. The number of hydrogen-bond acceptors (Lipinski definition) is 10. The minimum atomic E-state index is -1.22. The highest BCUT2D eigenvalue weighted by Gasteiger charge is 2.33. The van der Waals surface area contributed by atoms with Gasteiger partial charge in [0.2, 0.25) is 17.7 Å². The van der Waals surface area contributed by atoms with Crippen molar-refractivity contribution in [2.75, 3.05) is 19.6 Å². The lowest BCUT2D eigenvalue weighted by molar-refractivity contribution is -0.124. The van der Waals surface area contributed by atoms with Gasteiger partial charge >= 0.3 is 0 Å². The van der Waals surface area contributed by atoms with Crippen LogP contribution >= 0.6 is 0 Å². The third-order valence-corrected chi connectivity index (χ3v) is 8.33. The standard InChI is InChI=1S/C37H44N4O10/c1-2-33(48)41-37(15-9-34(49)38-18-12-24-3-6-27(42)30(45)21-24,16-10-35(50)39-19-13-25-4-7-28(43)31(46)22-25)17-11-36(51)40-20-14-26-5-8-29(44)32(47)23-26/h1,3-8,21-23,42-47H,9-20H2,(H,38,49)(H,39,50)(H,40,51)(H,41,48). The van der Waals surface area contributed by atoms with Crippen LogP contribution in [-0.4, -0.2) is 79.4 Å². The molecule has 51 heavy (non-hydrogen) atoms. The topological polar surface area (TPSA) is 238 Å². The van der Waals surface area contributed by atoms with Crippen molar-refractivity contribution in [1.29, 1.82) is 0 Å². The van der Waals surface area contributed by atoms with E-state index in [-0.39, 0.29) is 110 Å². The smallest absolute Gasteiger partial charge is 0.296 e. The molecule has 3 rings (SSSR count). The Morgan fingerprint density at radius 1 is 0.529 bits per heavy atom. The third kappa shape index (κ3) is 13.4. The van der Waals surface area contributed by atoms with Crippen LogP contribution < -0.4 is 21.3 Å². The van der Waals surface area contributed by atoms with Gasteiger partial charge in [-0.15, -0.1) is 6.42 Å². The highest BCUT2D eigenvalue weighted by Crippen LogP contribution is 2.28. The van der Waals surface area contributed by atoms with Crippen LogP contribution in [0.15, 0.2) is 54.6 Å². The van der Waals surface area contributed by atoms with Crippen LogP contribution in [0, 0.1) is 12.3 Å². The van der Waals surface area contributed by atoms with E-state index in [1.54, 1.807) is 18.2 Å². The van der Waals surface area contributed by atoms with Gasteiger partial charge in [-0.2, -0.15) is 0 Å². The first-order valence-electron chi connectivity index (χ1n) is 16.4. The third-order valence-electron chi connectivity index (χ3n) is 8.33. The van der Waals surface area contributed by atoms with E-state index in [2.05, 4.69) is 21.3 Å². The van der Waals surface area contributed by atoms with E-state index in [4.69, 9.17) is 6.42 Å². The zero-order chi connectivity index (χ0) is 37.4. The maximum absolute atomic E-state index is 12.9. The fraction of sp³-hybridized carbons (Fsp3) is 0.351. The molecule has 0 fully saturated rings. The second kappa shape index (κ2) is 19.2. The number of phenols is 6. The first-order chi connectivity index (χ1) is 24.3. The minimum Gasteiger partial charge on any atom is -0.504 e. The van der Waals surface area contributed by atoms with E-state index in [1.807, 2.05) is 5.92 Å². The van der Waals surface area contributed by atoms with E-state index in [0.717, 1.165) is 0 Å². The summed E-state index contributed by atoms with van der Waals surface area (Å²) in [5.74, 6) is -1.47. The van der Waals surface area contributed by atoms with Crippen molar-refractivity contribution in [3.63, 3.8) is 0 Å². The molecule has 0 aromatic heterocycles. The second-order valence-corrected chi connectivity index (χ2v) is 12.1. The maximum Gasteiger partial charge on any atom is 0.296 e. The van der Waals surface area contributed by atoms with Crippen molar-refractivity contribution in [2.45, 2.75) is 63.3 Å². The van der Waals surface area contributed by atoms with Crippen LogP contribution in [0.1, 0.15) is 55.2 Å². The minimum absolute atomic E-state index is 0.0480. The first-order valence-corrected chi connectivity index (χ1v) is 16.4. The molecule has 0 aliphatic heterocycles. The molecule has 0 atom stereocenters. The normalized spacial score (nSPS) is 10.9. The average Bonchev–Trinajstić information content (AvgIpc) is 3.10. The Bertz CT molecular complexity index is 1560. The lowest BCUT2D eigenvalue weighted by Crippen LogP contribution is -2.50. The molecule has 0 aliphatic carbocycles. The molecule has 272 valence electrons. The lowest BCUT2D eigenvalue weighted by atomic mass is 9.83. The van der Waals surface area contributed by atoms with Gasteiger partial charge in [-0.25, -0.2) is 0 Å². The van der Waals surface area contributed by atoms with E-state index >= 15 is 0 Å². The monoisotopic (exact) mass is 704 g/mol. The van der Waals surface area contributed by atoms with Gasteiger partial charge in [0, 0.05) is 44.4 Å². The number of amides is 4. The van der Waals surface area contributed by atoms with Crippen molar-refractivity contribution in [1.82, 2.24) is 21.3 Å². The maximum atomic E-state index is 12.9. The van der Waals surface area contributed by atoms with Gasteiger partial charge < -0.3 is 51.9 Å². The van der Waals surface area contributed by atoms with Crippen LogP contribution in [-0.2, 0) is 38.4 Å². The molecule has 14 nitrogen and oxygen atoms in total.